The smallest absolute Gasteiger partial charge is 0.394 e. The maximum Gasteiger partial charge on any atom is 0.417 e. The number of nitrogens with one attached hydrogen (secondary N) is 2. The molecule has 0 saturated carbocycles. The molecule has 0 aliphatic rings. The van der Waals surface area contributed by atoms with E-state index < -0.39 is 11.7 Å². The van der Waals surface area contributed by atoms with Gasteiger partial charge in [-0.25, -0.2) is 4.98 Å². The van der Waals surface area contributed by atoms with Crippen molar-refractivity contribution in [2.24, 2.45) is 0 Å². The fraction of sp³-hybridized carbons (Fsp3) is 0.211. The van der Waals surface area contributed by atoms with Crippen LogP contribution in [0.4, 0.5) is 30.6 Å². The number of aliphatic hydroxyl groups excluding tert-OH is 1. The van der Waals surface area contributed by atoms with Crippen molar-refractivity contribution in [3.05, 3.63) is 58.7 Å². The van der Waals surface area contributed by atoms with E-state index in [-0.39, 0.29) is 34.6 Å². The predicted molar refractivity (Wildman–Crippen MR) is 108 cm³/mol. The van der Waals surface area contributed by atoms with Gasteiger partial charge in [0, 0.05) is 28.5 Å². The van der Waals surface area contributed by atoms with Crippen molar-refractivity contribution in [2.75, 3.05) is 17.2 Å². The molecule has 0 amide bonds. The Morgan fingerprint density at radius 2 is 1.90 bits per heavy atom. The van der Waals surface area contributed by atoms with E-state index in [1.807, 2.05) is 0 Å². The Bertz CT molecular complexity index is 985. The largest absolute Gasteiger partial charge is 0.417 e. The van der Waals surface area contributed by atoms with Crippen LogP contribution in [0.5, 0.6) is 0 Å². The Kier molecular flexibility index (Phi) is 6.33. The summed E-state index contributed by atoms with van der Waals surface area (Å²) >= 11 is 2.93. The highest BCUT2D eigenvalue weighted by molar-refractivity contribution is 9.10. The third-order valence-corrected chi connectivity index (χ3v) is 4.54. The van der Waals surface area contributed by atoms with Gasteiger partial charge in [-0.2, -0.15) is 18.2 Å². The number of hydrogen-bond acceptors (Lipinski definition) is 6. The zero-order valence-electron chi connectivity index (χ0n) is 15.2. The van der Waals surface area contributed by atoms with Gasteiger partial charge in [0.15, 0.2) is 0 Å². The highest BCUT2D eigenvalue weighted by Gasteiger charge is 2.33. The van der Waals surface area contributed by atoms with Gasteiger partial charge in [-0.05, 0) is 37.3 Å². The summed E-state index contributed by atoms with van der Waals surface area (Å²) in [6.45, 7) is 1.61. The minimum atomic E-state index is -4.50. The van der Waals surface area contributed by atoms with Crippen molar-refractivity contribution >= 4 is 33.4 Å². The fourth-order valence-electron chi connectivity index (χ4n) is 2.46. The molecule has 3 N–H and O–H groups in total. The summed E-state index contributed by atoms with van der Waals surface area (Å²) < 4.78 is 39.5. The van der Waals surface area contributed by atoms with Gasteiger partial charge >= 0.3 is 6.18 Å². The number of halogens is 4. The molecule has 0 aliphatic heterocycles. The first kappa shape index (κ1) is 21.0. The van der Waals surface area contributed by atoms with E-state index in [9.17, 15) is 18.3 Å². The number of anilines is 3. The Hall–Kier alpha value is -2.72. The highest BCUT2D eigenvalue weighted by atomic mass is 79.9. The standard InChI is InChI=1S/C19H17BrF3N5O/c1-11(10-29)25-18-27-16(15-4-2-3-7-24-15)9-17(28-18)26-12-5-6-14(20)13(8-12)19(21,22)23/h2-9,11,29H,10H2,1H3,(H2,25,26,27,28)/t11-/m0/s1. The molecule has 0 fully saturated rings. The topological polar surface area (TPSA) is 83.0 Å². The zero-order chi connectivity index (χ0) is 21.0. The summed E-state index contributed by atoms with van der Waals surface area (Å²) in [6, 6.07) is 10.4. The summed E-state index contributed by atoms with van der Waals surface area (Å²) in [7, 11) is 0. The molecule has 2 aromatic heterocycles. The molecular formula is C19H17BrF3N5O. The summed E-state index contributed by atoms with van der Waals surface area (Å²) in [6.07, 6.45) is -2.89. The van der Waals surface area contributed by atoms with E-state index in [0.717, 1.165) is 6.07 Å². The second-order valence-corrected chi connectivity index (χ2v) is 7.08. The third kappa shape index (κ3) is 5.42. The lowest BCUT2D eigenvalue weighted by atomic mass is 10.2. The minimum Gasteiger partial charge on any atom is -0.394 e. The molecule has 0 bridgehead atoms. The van der Waals surface area contributed by atoms with Gasteiger partial charge in [0.05, 0.1) is 23.6 Å². The van der Waals surface area contributed by atoms with Crippen LogP contribution in [-0.2, 0) is 6.18 Å². The van der Waals surface area contributed by atoms with Crippen LogP contribution in [0.3, 0.4) is 0 Å². The molecule has 1 aromatic carbocycles. The number of aliphatic hydroxyl groups is 1. The van der Waals surface area contributed by atoms with Gasteiger partial charge in [0.2, 0.25) is 5.95 Å². The lowest BCUT2D eigenvalue weighted by Gasteiger charge is -2.15. The molecule has 1 atom stereocenters. The van der Waals surface area contributed by atoms with E-state index >= 15 is 0 Å². The second-order valence-electron chi connectivity index (χ2n) is 6.22. The minimum absolute atomic E-state index is 0.0495. The average Bonchev–Trinajstić information content (AvgIpc) is 2.69. The highest BCUT2D eigenvalue weighted by Crippen LogP contribution is 2.37. The van der Waals surface area contributed by atoms with Gasteiger partial charge in [-0.3, -0.25) is 4.98 Å². The number of nitrogens with zero attached hydrogens (tertiary/aromatic N) is 3. The Labute approximate surface area is 173 Å². The molecule has 6 nitrogen and oxygen atoms in total. The number of hydrogen-bond donors (Lipinski definition) is 3. The van der Waals surface area contributed by atoms with E-state index in [0.29, 0.717) is 11.4 Å². The zero-order valence-corrected chi connectivity index (χ0v) is 16.8. The first-order valence-electron chi connectivity index (χ1n) is 8.58. The lowest BCUT2D eigenvalue weighted by molar-refractivity contribution is -0.138. The maximum atomic E-state index is 13.2. The van der Waals surface area contributed by atoms with Crippen LogP contribution in [0.25, 0.3) is 11.4 Å². The van der Waals surface area contributed by atoms with Crippen LogP contribution >= 0.6 is 15.9 Å². The van der Waals surface area contributed by atoms with Gasteiger partial charge < -0.3 is 15.7 Å². The molecule has 0 aliphatic carbocycles. The molecule has 152 valence electrons. The summed E-state index contributed by atoms with van der Waals surface area (Å²) in [4.78, 5) is 12.9. The molecule has 0 unspecified atom stereocenters. The molecule has 0 radical (unpaired) electrons. The van der Waals surface area contributed by atoms with Gasteiger partial charge in [0.25, 0.3) is 0 Å². The van der Waals surface area contributed by atoms with Crippen LogP contribution in [0.1, 0.15) is 12.5 Å². The first-order chi connectivity index (χ1) is 13.8. The molecule has 10 heteroatoms. The van der Waals surface area contributed by atoms with Crippen LogP contribution in [0.15, 0.2) is 53.1 Å². The first-order valence-corrected chi connectivity index (χ1v) is 9.37. The van der Waals surface area contributed by atoms with Crippen molar-refractivity contribution in [3.63, 3.8) is 0 Å². The van der Waals surface area contributed by atoms with Crippen LogP contribution < -0.4 is 10.6 Å². The third-order valence-electron chi connectivity index (χ3n) is 3.85. The summed E-state index contributed by atoms with van der Waals surface area (Å²) in [5.74, 6) is 0.495. The number of benzene rings is 1. The monoisotopic (exact) mass is 467 g/mol. The SMILES string of the molecule is C[C@@H](CO)Nc1nc(Nc2ccc(Br)c(C(F)(F)F)c2)cc(-c2ccccn2)n1. The summed E-state index contributed by atoms with van der Waals surface area (Å²) in [5, 5.41) is 15.1. The molecule has 0 saturated heterocycles. The quantitative estimate of drug-likeness (QED) is 0.480. The molecule has 3 rings (SSSR count). The molecular weight excluding hydrogens is 451 g/mol. The van der Waals surface area contributed by atoms with Crippen molar-refractivity contribution in [1.29, 1.82) is 0 Å². The van der Waals surface area contributed by atoms with E-state index in [2.05, 4.69) is 41.5 Å². The van der Waals surface area contributed by atoms with Gasteiger partial charge in [-0.15, -0.1) is 0 Å². The fourth-order valence-corrected chi connectivity index (χ4v) is 2.93. The number of aromatic nitrogens is 3. The predicted octanol–water partition coefficient (Wildman–Crippen LogP) is 4.86. The number of pyridine rings is 1. The molecule has 29 heavy (non-hydrogen) atoms. The normalized spacial score (nSPS) is 12.5. The van der Waals surface area contributed by atoms with E-state index in [1.165, 1.54) is 12.1 Å². The van der Waals surface area contributed by atoms with E-state index in [1.54, 1.807) is 37.4 Å². The van der Waals surface area contributed by atoms with Crippen LogP contribution in [0, 0.1) is 0 Å². The maximum absolute atomic E-state index is 13.2. The Balaban J connectivity index is 1.99. The van der Waals surface area contributed by atoms with Crippen molar-refractivity contribution < 1.29 is 18.3 Å². The average molecular weight is 468 g/mol. The van der Waals surface area contributed by atoms with Gasteiger partial charge in [0.1, 0.15) is 5.82 Å². The van der Waals surface area contributed by atoms with E-state index in [4.69, 9.17) is 0 Å². The molecule has 0 spiro atoms. The van der Waals surface area contributed by atoms with Crippen molar-refractivity contribution in [2.45, 2.75) is 19.1 Å². The molecule has 2 heterocycles. The summed E-state index contributed by atoms with van der Waals surface area (Å²) in [5.41, 5.74) is 0.467. The number of rotatable bonds is 6. The van der Waals surface area contributed by atoms with Crippen LogP contribution in [-0.4, -0.2) is 32.7 Å². The van der Waals surface area contributed by atoms with Crippen molar-refractivity contribution in [1.82, 2.24) is 15.0 Å². The Morgan fingerprint density at radius 3 is 2.55 bits per heavy atom. The van der Waals surface area contributed by atoms with Gasteiger partial charge in [-0.1, -0.05) is 22.0 Å². The Morgan fingerprint density at radius 1 is 1.10 bits per heavy atom. The lowest BCUT2D eigenvalue weighted by Crippen LogP contribution is -2.21. The molecule has 3 aromatic rings. The number of alkyl halides is 3. The van der Waals surface area contributed by atoms with Crippen molar-refractivity contribution in [3.8, 4) is 11.4 Å². The second kappa shape index (κ2) is 8.75. The van der Waals surface area contributed by atoms with Crippen LogP contribution in [0.2, 0.25) is 0 Å².